The zero-order valence-corrected chi connectivity index (χ0v) is 22.6. The number of aromatic nitrogens is 2. The number of anilines is 2. The van der Waals surface area contributed by atoms with Crippen LogP contribution >= 0.6 is 23.4 Å². The molecule has 4 rings (SSSR count). The number of thioether (sulfide) groups is 1. The van der Waals surface area contributed by atoms with E-state index in [0.717, 1.165) is 56.8 Å². The second-order valence-electron chi connectivity index (χ2n) is 9.04. The fourth-order valence-electron chi connectivity index (χ4n) is 4.34. The van der Waals surface area contributed by atoms with Gasteiger partial charge in [-0.2, -0.15) is 0 Å². The molecule has 6 nitrogen and oxygen atoms in total. The van der Waals surface area contributed by atoms with E-state index >= 15 is 0 Å². The highest BCUT2D eigenvalue weighted by atomic mass is 35.5. The molecule has 2 heterocycles. The van der Waals surface area contributed by atoms with Crippen molar-refractivity contribution in [3.63, 3.8) is 0 Å². The Balaban J connectivity index is 1.35. The van der Waals surface area contributed by atoms with Crippen molar-refractivity contribution < 1.29 is 4.79 Å². The van der Waals surface area contributed by atoms with E-state index in [1.165, 1.54) is 23.0 Å². The van der Waals surface area contributed by atoms with Gasteiger partial charge < -0.3 is 15.1 Å². The standard InChI is InChI=1S/C28H34ClN5OS/c1-3-4-7-13-30-27(35)23-11-8-10-22(18-23)20-36-28-31-25(29)19-26(32-28)34-16-14-33(15-17-34)24-12-6-5-9-21(24)2/h5-6,8-12,18-19H,3-4,7,13-17,20H2,1-2H3,(H,30,35). The molecule has 0 radical (unpaired) electrons. The Labute approximate surface area is 223 Å². The molecule has 0 bridgehead atoms. The van der Waals surface area contributed by atoms with Crippen molar-refractivity contribution in [3.8, 4) is 0 Å². The summed E-state index contributed by atoms with van der Waals surface area (Å²) in [4.78, 5) is 26.4. The Hall–Kier alpha value is -2.77. The number of aryl methyl sites for hydroxylation is 1. The minimum atomic E-state index is -0.0240. The molecular weight excluding hydrogens is 490 g/mol. The number of benzene rings is 2. The molecule has 1 aliphatic heterocycles. The quantitative estimate of drug-likeness (QED) is 0.153. The maximum absolute atomic E-state index is 12.5. The lowest BCUT2D eigenvalue weighted by atomic mass is 10.1. The second kappa shape index (κ2) is 13.0. The summed E-state index contributed by atoms with van der Waals surface area (Å²) in [6.07, 6.45) is 3.27. The van der Waals surface area contributed by atoms with E-state index < -0.39 is 0 Å². The molecule has 1 aromatic heterocycles. The minimum Gasteiger partial charge on any atom is -0.368 e. The van der Waals surface area contributed by atoms with E-state index in [4.69, 9.17) is 16.6 Å². The molecule has 1 saturated heterocycles. The summed E-state index contributed by atoms with van der Waals surface area (Å²) in [6, 6.07) is 18.1. The third-order valence-electron chi connectivity index (χ3n) is 6.34. The number of hydrogen-bond donors (Lipinski definition) is 1. The van der Waals surface area contributed by atoms with Crippen LogP contribution in [0.4, 0.5) is 11.5 Å². The predicted molar refractivity (Wildman–Crippen MR) is 151 cm³/mol. The average Bonchev–Trinajstić information content (AvgIpc) is 2.90. The van der Waals surface area contributed by atoms with Crippen molar-refractivity contribution in [2.45, 2.75) is 44.0 Å². The number of carbonyl (C=O) groups is 1. The van der Waals surface area contributed by atoms with Crippen LogP contribution in [0.3, 0.4) is 0 Å². The Morgan fingerprint density at radius 3 is 2.56 bits per heavy atom. The monoisotopic (exact) mass is 523 g/mol. The van der Waals surface area contributed by atoms with Gasteiger partial charge in [0.15, 0.2) is 5.16 Å². The molecule has 190 valence electrons. The predicted octanol–water partition coefficient (Wildman–Crippen LogP) is 5.98. The third-order valence-corrected chi connectivity index (χ3v) is 7.46. The van der Waals surface area contributed by atoms with E-state index in [9.17, 15) is 4.79 Å². The second-order valence-corrected chi connectivity index (χ2v) is 10.4. The summed E-state index contributed by atoms with van der Waals surface area (Å²) in [6.45, 7) is 8.64. The number of hydrogen-bond acceptors (Lipinski definition) is 6. The van der Waals surface area contributed by atoms with Gasteiger partial charge in [0, 0.05) is 55.8 Å². The van der Waals surface area contributed by atoms with Crippen LogP contribution in [-0.2, 0) is 5.75 Å². The van der Waals surface area contributed by atoms with E-state index in [1.807, 2.05) is 30.3 Å². The molecule has 0 unspecified atom stereocenters. The fraction of sp³-hybridized carbons (Fsp3) is 0.393. The summed E-state index contributed by atoms with van der Waals surface area (Å²) in [5, 5.41) is 4.10. The first kappa shape index (κ1) is 26.3. The van der Waals surface area contributed by atoms with Crippen molar-refractivity contribution >= 4 is 40.8 Å². The lowest BCUT2D eigenvalue weighted by molar-refractivity contribution is 0.0953. The molecule has 36 heavy (non-hydrogen) atoms. The van der Waals surface area contributed by atoms with Gasteiger partial charge in [0.25, 0.3) is 5.91 Å². The minimum absolute atomic E-state index is 0.0240. The van der Waals surface area contributed by atoms with Crippen LogP contribution in [0.2, 0.25) is 5.15 Å². The normalized spacial score (nSPS) is 13.6. The Kier molecular flexibility index (Phi) is 9.47. The number of para-hydroxylation sites is 1. The molecule has 0 saturated carbocycles. The van der Waals surface area contributed by atoms with E-state index in [2.05, 4.69) is 58.2 Å². The lowest BCUT2D eigenvalue weighted by Crippen LogP contribution is -2.47. The highest BCUT2D eigenvalue weighted by Crippen LogP contribution is 2.27. The molecule has 8 heteroatoms. The van der Waals surface area contributed by atoms with Gasteiger partial charge >= 0.3 is 0 Å². The van der Waals surface area contributed by atoms with Gasteiger partial charge in [0.05, 0.1) is 0 Å². The van der Waals surface area contributed by atoms with Gasteiger partial charge in [0.2, 0.25) is 0 Å². The zero-order chi connectivity index (χ0) is 25.3. The molecule has 0 atom stereocenters. The summed E-state index contributed by atoms with van der Waals surface area (Å²) < 4.78 is 0. The van der Waals surface area contributed by atoms with Gasteiger partial charge in [-0.15, -0.1) is 0 Å². The Morgan fingerprint density at radius 1 is 1.00 bits per heavy atom. The number of amides is 1. The SMILES string of the molecule is CCCCCNC(=O)c1cccc(CSc2nc(Cl)cc(N3CCN(c4ccccc4C)CC3)n2)c1. The number of carbonyl (C=O) groups excluding carboxylic acids is 1. The molecule has 1 aliphatic rings. The number of unbranched alkanes of at least 4 members (excludes halogenated alkanes) is 2. The highest BCUT2D eigenvalue weighted by molar-refractivity contribution is 7.98. The number of piperazine rings is 1. The van der Waals surface area contributed by atoms with Crippen molar-refractivity contribution in [3.05, 3.63) is 76.4 Å². The van der Waals surface area contributed by atoms with Crippen molar-refractivity contribution in [2.75, 3.05) is 42.5 Å². The molecule has 3 aromatic rings. The van der Waals surface area contributed by atoms with Gasteiger partial charge in [-0.05, 0) is 42.7 Å². The first-order chi connectivity index (χ1) is 17.5. The topological polar surface area (TPSA) is 61.4 Å². The largest absolute Gasteiger partial charge is 0.368 e. The summed E-state index contributed by atoms with van der Waals surface area (Å²) >= 11 is 7.91. The van der Waals surface area contributed by atoms with Crippen molar-refractivity contribution in [2.24, 2.45) is 0 Å². The van der Waals surface area contributed by atoms with Crippen molar-refractivity contribution in [1.29, 1.82) is 0 Å². The molecule has 1 amide bonds. The van der Waals surface area contributed by atoms with Crippen LogP contribution in [0.5, 0.6) is 0 Å². The Morgan fingerprint density at radius 2 is 1.78 bits per heavy atom. The van der Waals surface area contributed by atoms with Gasteiger partial charge in [-0.1, -0.05) is 73.5 Å². The molecule has 2 aromatic carbocycles. The number of rotatable bonds is 10. The summed E-state index contributed by atoms with van der Waals surface area (Å²) in [5.74, 6) is 1.50. The first-order valence-electron chi connectivity index (χ1n) is 12.6. The van der Waals surface area contributed by atoms with Crippen LogP contribution in [0.15, 0.2) is 59.8 Å². The third kappa shape index (κ3) is 7.14. The number of nitrogens with zero attached hydrogens (tertiary/aromatic N) is 4. The summed E-state index contributed by atoms with van der Waals surface area (Å²) in [5.41, 5.74) is 4.33. The van der Waals surface area contributed by atoms with Crippen LogP contribution < -0.4 is 15.1 Å². The highest BCUT2D eigenvalue weighted by Gasteiger charge is 2.20. The average molecular weight is 524 g/mol. The first-order valence-corrected chi connectivity index (χ1v) is 14.0. The van der Waals surface area contributed by atoms with Crippen LogP contribution in [0, 0.1) is 6.92 Å². The zero-order valence-electron chi connectivity index (χ0n) is 21.0. The molecule has 1 N–H and O–H groups in total. The lowest BCUT2D eigenvalue weighted by Gasteiger charge is -2.37. The molecule has 1 fully saturated rings. The molecule has 0 aliphatic carbocycles. The number of nitrogens with one attached hydrogen (secondary N) is 1. The fourth-order valence-corrected chi connectivity index (χ4v) is 5.36. The summed E-state index contributed by atoms with van der Waals surface area (Å²) in [7, 11) is 0. The van der Waals surface area contributed by atoms with Crippen molar-refractivity contribution in [1.82, 2.24) is 15.3 Å². The van der Waals surface area contributed by atoms with Crippen LogP contribution in [0.25, 0.3) is 0 Å². The van der Waals surface area contributed by atoms with Crippen LogP contribution in [0.1, 0.15) is 47.7 Å². The Bertz CT molecular complexity index is 1170. The van der Waals surface area contributed by atoms with Crippen LogP contribution in [-0.4, -0.2) is 48.6 Å². The molecular formula is C28H34ClN5OS. The smallest absolute Gasteiger partial charge is 0.251 e. The van der Waals surface area contributed by atoms with Gasteiger partial charge in [-0.25, -0.2) is 9.97 Å². The van der Waals surface area contributed by atoms with Gasteiger partial charge in [-0.3, -0.25) is 4.79 Å². The maximum Gasteiger partial charge on any atom is 0.251 e. The molecule has 0 spiro atoms. The number of halogens is 1. The van der Waals surface area contributed by atoms with E-state index in [0.29, 0.717) is 28.2 Å². The van der Waals surface area contributed by atoms with Gasteiger partial charge in [0.1, 0.15) is 11.0 Å². The van der Waals surface area contributed by atoms with E-state index in [1.54, 1.807) is 0 Å². The maximum atomic E-state index is 12.5. The van der Waals surface area contributed by atoms with E-state index in [-0.39, 0.29) is 5.91 Å².